The van der Waals surface area contributed by atoms with Crippen LogP contribution in [0.4, 0.5) is 0 Å². The second-order valence-electron chi connectivity index (χ2n) is 2.76. The molecule has 0 aliphatic rings. The molecule has 0 aliphatic heterocycles. The predicted octanol–water partition coefficient (Wildman–Crippen LogP) is 2.00. The van der Waals surface area contributed by atoms with Crippen LogP contribution in [0.3, 0.4) is 0 Å². The molecule has 0 unspecified atom stereocenters. The van der Waals surface area contributed by atoms with Crippen LogP contribution >= 0.6 is 11.6 Å². The molecule has 1 aromatic carbocycles. The van der Waals surface area contributed by atoms with Gasteiger partial charge >= 0.3 is 5.97 Å². The topological polar surface area (TPSA) is 55.0 Å². The SMILES string of the molecule is COC(=O)c1ccc2n[nH]c(Cl)c2c1. The van der Waals surface area contributed by atoms with Crippen molar-refractivity contribution >= 4 is 28.5 Å². The van der Waals surface area contributed by atoms with Crippen molar-refractivity contribution in [1.29, 1.82) is 0 Å². The van der Waals surface area contributed by atoms with Crippen molar-refractivity contribution in [3.05, 3.63) is 28.9 Å². The maximum Gasteiger partial charge on any atom is 0.337 e. The number of aromatic nitrogens is 2. The van der Waals surface area contributed by atoms with Gasteiger partial charge in [0.1, 0.15) is 5.15 Å². The Morgan fingerprint density at radius 1 is 1.57 bits per heavy atom. The number of aromatic amines is 1. The summed E-state index contributed by atoms with van der Waals surface area (Å²) >= 11 is 5.82. The molecule has 5 heteroatoms. The lowest BCUT2D eigenvalue weighted by Gasteiger charge is -1.97. The number of nitrogens with one attached hydrogen (secondary N) is 1. The number of carbonyl (C=O) groups is 1. The first-order chi connectivity index (χ1) is 6.72. The molecule has 0 amide bonds. The van der Waals surface area contributed by atoms with Gasteiger partial charge in [-0.15, -0.1) is 0 Å². The van der Waals surface area contributed by atoms with Gasteiger partial charge in [0.05, 0.1) is 18.2 Å². The third-order valence-corrected chi connectivity index (χ3v) is 2.22. The van der Waals surface area contributed by atoms with Gasteiger partial charge in [0.2, 0.25) is 0 Å². The van der Waals surface area contributed by atoms with Crippen molar-refractivity contribution in [3.63, 3.8) is 0 Å². The second kappa shape index (κ2) is 3.31. The number of esters is 1. The Balaban J connectivity index is 2.60. The van der Waals surface area contributed by atoms with Crippen molar-refractivity contribution < 1.29 is 9.53 Å². The van der Waals surface area contributed by atoms with Crippen LogP contribution in [0.2, 0.25) is 5.15 Å². The molecule has 1 N–H and O–H groups in total. The van der Waals surface area contributed by atoms with Crippen LogP contribution in [0.5, 0.6) is 0 Å². The summed E-state index contributed by atoms with van der Waals surface area (Å²) in [6.45, 7) is 0. The van der Waals surface area contributed by atoms with Crippen molar-refractivity contribution in [2.24, 2.45) is 0 Å². The Hall–Kier alpha value is -1.55. The molecule has 0 bridgehead atoms. The van der Waals surface area contributed by atoms with E-state index < -0.39 is 0 Å². The first-order valence-electron chi connectivity index (χ1n) is 3.94. The van der Waals surface area contributed by atoms with E-state index in [1.165, 1.54) is 7.11 Å². The number of ether oxygens (including phenoxy) is 1. The van der Waals surface area contributed by atoms with E-state index in [1.807, 2.05) is 0 Å². The van der Waals surface area contributed by atoms with E-state index in [-0.39, 0.29) is 5.97 Å². The average Bonchev–Trinajstić information content (AvgIpc) is 2.59. The van der Waals surface area contributed by atoms with Gasteiger partial charge in [-0.25, -0.2) is 4.79 Å². The van der Waals surface area contributed by atoms with Crippen molar-refractivity contribution in [3.8, 4) is 0 Å². The zero-order valence-corrected chi connectivity index (χ0v) is 8.13. The Bertz CT molecular complexity index is 493. The Labute approximate surface area is 84.8 Å². The zero-order valence-electron chi connectivity index (χ0n) is 7.37. The molecule has 1 heterocycles. The highest BCUT2D eigenvalue weighted by molar-refractivity contribution is 6.34. The minimum absolute atomic E-state index is 0.385. The summed E-state index contributed by atoms with van der Waals surface area (Å²) in [7, 11) is 1.34. The molecule has 2 rings (SSSR count). The maximum atomic E-state index is 11.2. The number of hydrogen-bond donors (Lipinski definition) is 1. The van der Waals surface area contributed by atoms with E-state index in [4.69, 9.17) is 11.6 Å². The number of fused-ring (bicyclic) bond motifs is 1. The lowest BCUT2D eigenvalue weighted by molar-refractivity contribution is 0.0601. The Morgan fingerprint density at radius 2 is 2.36 bits per heavy atom. The van der Waals surface area contributed by atoms with Crippen LogP contribution in [0.15, 0.2) is 18.2 Å². The molecule has 0 saturated carbocycles. The summed E-state index contributed by atoms with van der Waals surface area (Å²) in [5, 5.41) is 7.70. The highest BCUT2D eigenvalue weighted by Gasteiger charge is 2.09. The lowest BCUT2D eigenvalue weighted by atomic mass is 10.2. The highest BCUT2D eigenvalue weighted by Crippen LogP contribution is 2.21. The fraction of sp³-hybridized carbons (Fsp3) is 0.111. The molecule has 0 fully saturated rings. The van der Waals surface area contributed by atoms with Crippen LogP contribution in [0, 0.1) is 0 Å². The van der Waals surface area contributed by atoms with Crippen LogP contribution in [-0.2, 0) is 4.74 Å². The van der Waals surface area contributed by atoms with E-state index in [0.717, 1.165) is 10.9 Å². The molecule has 14 heavy (non-hydrogen) atoms. The molecule has 0 atom stereocenters. The van der Waals surface area contributed by atoms with Gasteiger partial charge in [0.25, 0.3) is 0 Å². The number of nitrogens with zero attached hydrogens (tertiary/aromatic N) is 1. The van der Waals surface area contributed by atoms with Gasteiger partial charge in [0.15, 0.2) is 0 Å². The van der Waals surface area contributed by atoms with E-state index in [0.29, 0.717) is 10.7 Å². The summed E-state index contributed by atoms with van der Waals surface area (Å²) in [5.74, 6) is -0.385. The Kier molecular flexibility index (Phi) is 2.13. The van der Waals surface area contributed by atoms with Gasteiger partial charge < -0.3 is 4.74 Å². The average molecular weight is 211 g/mol. The molecule has 0 saturated heterocycles. The summed E-state index contributed by atoms with van der Waals surface area (Å²) in [5.41, 5.74) is 1.19. The van der Waals surface area contributed by atoms with Crippen LogP contribution in [0.1, 0.15) is 10.4 Å². The van der Waals surface area contributed by atoms with E-state index in [1.54, 1.807) is 18.2 Å². The monoisotopic (exact) mass is 210 g/mol. The molecular weight excluding hydrogens is 204 g/mol. The van der Waals surface area contributed by atoms with Gasteiger partial charge in [-0.3, -0.25) is 5.10 Å². The number of carbonyl (C=O) groups excluding carboxylic acids is 1. The molecule has 0 spiro atoms. The lowest BCUT2D eigenvalue weighted by Crippen LogP contribution is -2.00. The minimum atomic E-state index is -0.385. The highest BCUT2D eigenvalue weighted by atomic mass is 35.5. The first kappa shape index (κ1) is 9.02. The molecule has 1 aromatic heterocycles. The van der Waals surface area contributed by atoms with Gasteiger partial charge in [-0.1, -0.05) is 11.6 Å². The van der Waals surface area contributed by atoms with Gasteiger partial charge in [0, 0.05) is 5.39 Å². The third kappa shape index (κ3) is 1.33. The van der Waals surface area contributed by atoms with E-state index in [9.17, 15) is 4.79 Å². The summed E-state index contributed by atoms with van der Waals surface area (Å²) in [4.78, 5) is 11.2. The summed E-state index contributed by atoms with van der Waals surface area (Å²) in [6, 6.07) is 5.00. The summed E-state index contributed by atoms with van der Waals surface area (Å²) < 4.78 is 4.59. The summed E-state index contributed by atoms with van der Waals surface area (Å²) in [6.07, 6.45) is 0. The van der Waals surface area contributed by atoms with Crippen LogP contribution < -0.4 is 0 Å². The van der Waals surface area contributed by atoms with Crippen LogP contribution in [-0.4, -0.2) is 23.3 Å². The van der Waals surface area contributed by atoms with Crippen molar-refractivity contribution in [1.82, 2.24) is 10.2 Å². The number of halogens is 1. The number of methoxy groups -OCH3 is 1. The van der Waals surface area contributed by atoms with E-state index >= 15 is 0 Å². The number of H-pyrrole nitrogens is 1. The smallest absolute Gasteiger partial charge is 0.337 e. The molecule has 4 nitrogen and oxygen atoms in total. The Morgan fingerprint density at radius 3 is 3.07 bits per heavy atom. The largest absolute Gasteiger partial charge is 0.465 e. The number of benzene rings is 1. The van der Waals surface area contributed by atoms with Gasteiger partial charge in [-0.05, 0) is 18.2 Å². The normalized spacial score (nSPS) is 10.4. The predicted molar refractivity (Wildman–Crippen MR) is 52.4 cm³/mol. The molecule has 2 aromatic rings. The number of rotatable bonds is 1. The maximum absolute atomic E-state index is 11.2. The van der Waals surface area contributed by atoms with Crippen molar-refractivity contribution in [2.75, 3.05) is 7.11 Å². The molecule has 0 radical (unpaired) electrons. The first-order valence-corrected chi connectivity index (χ1v) is 4.32. The molecule has 0 aliphatic carbocycles. The van der Waals surface area contributed by atoms with Gasteiger partial charge in [-0.2, -0.15) is 5.10 Å². The standard InChI is InChI=1S/C9H7ClN2O2/c1-14-9(13)5-2-3-7-6(4-5)8(10)12-11-7/h2-4H,1H3,(H,11,12). The molecular formula is C9H7ClN2O2. The quantitative estimate of drug-likeness (QED) is 0.733. The fourth-order valence-corrected chi connectivity index (χ4v) is 1.42. The van der Waals surface area contributed by atoms with Crippen molar-refractivity contribution in [2.45, 2.75) is 0 Å². The third-order valence-electron chi connectivity index (χ3n) is 1.93. The second-order valence-corrected chi connectivity index (χ2v) is 3.14. The minimum Gasteiger partial charge on any atom is -0.465 e. The van der Waals surface area contributed by atoms with Crippen LogP contribution in [0.25, 0.3) is 10.9 Å². The molecule has 72 valence electrons. The fourth-order valence-electron chi connectivity index (χ4n) is 1.22. The number of hydrogen-bond acceptors (Lipinski definition) is 3. The zero-order chi connectivity index (χ0) is 10.1. The van der Waals surface area contributed by atoms with E-state index in [2.05, 4.69) is 14.9 Å².